The third kappa shape index (κ3) is 5.09. The van der Waals surface area contributed by atoms with Crippen LogP contribution >= 0.6 is 22.6 Å². The summed E-state index contributed by atoms with van der Waals surface area (Å²) in [5.41, 5.74) is 1.81. The maximum atomic E-state index is 13.5. The number of hydrogen-bond donors (Lipinski definition) is 1. The smallest absolute Gasteiger partial charge is 0.268 e. The molecular weight excluding hydrogens is 495 g/mol. The Balaban J connectivity index is 1.62. The summed E-state index contributed by atoms with van der Waals surface area (Å²) in [5, 5.41) is 15.7. The normalized spacial score (nSPS) is 17.8. The van der Waals surface area contributed by atoms with Crippen LogP contribution in [0.5, 0.6) is 0 Å². The summed E-state index contributed by atoms with van der Waals surface area (Å²) >= 11 is 2.21. The molecule has 1 aliphatic heterocycles. The summed E-state index contributed by atoms with van der Waals surface area (Å²) in [6.45, 7) is 0.882. The molecule has 2 heterocycles. The van der Waals surface area contributed by atoms with Gasteiger partial charge in [-0.1, -0.05) is 12.1 Å². The largest absolute Gasteiger partial charge is 0.343 e. The Hall–Kier alpha value is -2.55. The second-order valence-electron chi connectivity index (χ2n) is 6.86. The zero-order valence-corrected chi connectivity index (χ0v) is 17.7. The Labute approximate surface area is 179 Å². The van der Waals surface area contributed by atoms with Gasteiger partial charge in [-0.25, -0.2) is 8.78 Å². The van der Waals surface area contributed by atoms with Crippen LogP contribution in [0.4, 0.5) is 8.78 Å². The lowest BCUT2D eigenvalue weighted by Gasteiger charge is -2.19. The molecule has 1 N–H and O–H groups in total. The molecule has 0 saturated carbocycles. The molecule has 3 rings (SSSR count). The number of aromatic nitrogens is 2. The molecule has 1 saturated heterocycles. The lowest BCUT2D eigenvalue weighted by atomic mass is 10.2. The predicted molar refractivity (Wildman–Crippen MR) is 108 cm³/mol. The standard InChI is InChI=1S/C19H18F2IN5O2/c1-12-16(10-26(25-12)9-13-3-2-4-14(22)5-13)18(29)24-8-17(28)27-11-19(20,21)6-15(27)7-23/h2-5,10,15H,6,8-9,11H2,1H3,(H,24,29)/t15-/m0/s1. The highest BCUT2D eigenvalue weighted by atomic mass is 127. The average molecular weight is 513 g/mol. The van der Waals surface area contributed by atoms with Gasteiger partial charge in [0.2, 0.25) is 5.91 Å². The van der Waals surface area contributed by atoms with Crippen molar-refractivity contribution >= 4 is 34.4 Å². The number of likely N-dealkylation sites (tertiary alicyclic amines) is 1. The van der Waals surface area contributed by atoms with Crippen LogP contribution in [0.2, 0.25) is 0 Å². The third-order valence-corrected chi connectivity index (χ3v) is 5.23. The maximum absolute atomic E-state index is 13.5. The van der Waals surface area contributed by atoms with E-state index in [-0.39, 0.29) is 0 Å². The Morgan fingerprint density at radius 2 is 2.21 bits per heavy atom. The molecule has 29 heavy (non-hydrogen) atoms. The molecule has 1 aromatic carbocycles. The summed E-state index contributed by atoms with van der Waals surface area (Å²) in [4.78, 5) is 25.5. The summed E-state index contributed by atoms with van der Waals surface area (Å²) in [6.07, 6.45) is 0.893. The Morgan fingerprint density at radius 1 is 1.45 bits per heavy atom. The molecule has 2 aromatic rings. The van der Waals surface area contributed by atoms with Crippen molar-refractivity contribution < 1.29 is 18.4 Å². The highest BCUT2D eigenvalue weighted by Gasteiger charge is 2.47. The molecule has 1 fully saturated rings. The van der Waals surface area contributed by atoms with E-state index in [1.165, 1.54) is 0 Å². The highest BCUT2D eigenvalue weighted by Crippen LogP contribution is 2.31. The van der Waals surface area contributed by atoms with Crippen LogP contribution in [-0.2, 0) is 11.3 Å². The Morgan fingerprint density at radius 3 is 2.90 bits per heavy atom. The van der Waals surface area contributed by atoms with Gasteiger partial charge >= 0.3 is 0 Å². The van der Waals surface area contributed by atoms with Crippen molar-refractivity contribution in [2.45, 2.75) is 31.9 Å². The quantitative estimate of drug-likeness (QED) is 0.622. The van der Waals surface area contributed by atoms with Gasteiger partial charge in [0.05, 0.1) is 37.0 Å². The molecule has 10 heteroatoms. The molecule has 0 spiro atoms. The Bertz CT molecular complexity index is 985. The van der Waals surface area contributed by atoms with Crippen molar-refractivity contribution in [2.75, 3.05) is 13.1 Å². The molecule has 1 aromatic heterocycles. The van der Waals surface area contributed by atoms with E-state index in [0.29, 0.717) is 17.8 Å². The number of aryl methyl sites for hydroxylation is 1. The number of alkyl halides is 2. The monoisotopic (exact) mass is 513 g/mol. The third-order valence-electron chi connectivity index (χ3n) is 4.56. The summed E-state index contributed by atoms with van der Waals surface area (Å²) < 4.78 is 29.7. The van der Waals surface area contributed by atoms with Crippen LogP contribution in [-0.4, -0.2) is 51.5 Å². The number of nitriles is 1. The average Bonchev–Trinajstić information content (AvgIpc) is 3.18. The van der Waals surface area contributed by atoms with Gasteiger partial charge in [0.25, 0.3) is 11.8 Å². The molecule has 1 aliphatic rings. The van der Waals surface area contributed by atoms with E-state index < -0.39 is 43.3 Å². The molecule has 0 aliphatic carbocycles. The van der Waals surface area contributed by atoms with Crippen molar-refractivity contribution in [1.82, 2.24) is 20.0 Å². The number of amides is 2. The fourth-order valence-corrected chi connectivity index (χ4v) is 3.80. The van der Waals surface area contributed by atoms with Gasteiger partial charge in [-0.2, -0.15) is 10.4 Å². The molecule has 152 valence electrons. The van der Waals surface area contributed by atoms with E-state index >= 15 is 0 Å². The predicted octanol–water partition coefficient (Wildman–Crippen LogP) is 2.33. The van der Waals surface area contributed by atoms with Crippen molar-refractivity contribution in [3.8, 4) is 6.07 Å². The molecule has 0 radical (unpaired) electrons. The highest BCUT2D eigenvalue weighted by molar-refractivity contribution is 14.1. The molecule has 0 bridgehead atoms. The van der Waals surface area contributed by atoms with Gasteiger partial charge in [-0.05, 0) is 47.2 Å². The number of nitrogens with zero attached hydrogens (tertiary/aromatic N) is 4. The second kappa shape index (κ2) is 8.44. The van der Waals surface area contributed by atoms with Crippen molar-refractivity contribution in [2.24, 2.45) is 0 Å². The van der Waals surface area contributed by atoms with Crippen LogP contribution in [0.3, 0.4) is 0 Å². The van der Waals surface area contributed by atoms with Gasteiger partial charge in [0.1, 0.15) is 6.04 Å². The van der Waals surface area contributed by atoms with E-state index in [2.05, 4.69) is 33.0 Å². The first-order chi connectivity index (χ1) is 13.7. The second-order valence-corrected chi connectivity index (χ2v) is 8.11. The fraction of sp³-hybridized carbons (Fsp3) is 0.368. The molecule has 2 amide bonds. The molecular formula is C19H18F2IN5O2. The lowest BCUT2D eigenvalue weighted by Crippen LogP contribution is -2.43. The zero-order chi connectivity index (χ0) is 21.2. The minimum atomic E-state index is -3.09. The van der Waals surface area contributed by atoms with Crippen molar-refractivity contribution in [1.29, 1.82) is 5.26 Å². The van der Waals surface area contributed by atoms with E-state index in [0.717, 1.165) is 14.0 Å². The van der Waals surface area contributed by atoms with E-state index in [4.69, 9.17) is 5.26 Å². The molecule has 7 nitrogen and oxygen atoms in total. The van der Waals surface area contributed by atoms with Gasteiger partial charge in [-0.15, -0.1) is 0 Å². The SMILES string of the molecule is Cc1nn(Cc2cccc(I)c2)cc1C(=O)NCC(=O)N1CC(F)(F)C[C@H]1C#N. The molecule has 0 unspecified atom stereocenters. The van der Waals surface area contributed by atoms with Crippen LogP contribution in [0, 0.1) is 21.8 Å². The van der Waals surface area contributed by atoms with Crippen molar-refractivity contribution in [3.63, 3.8) is 0 Å². The summed E-state index contributed by atoms with van der Waals surface area (Å²) in [5.74, 6) is -4.33. The van der Waals surface area contributed by atoms with Gasteiger partial charge < -0.3 is 10.2 Å². The molecule has 1 atom stereocenters. The van der Waals surface area contributed by atoms with Crippen LogP contribution in [0.15, 0.2) is 30.5 Å². The number of halogens is 3. The zero-order valence-electron chi connectivity index (χ0n) is 15.5. The number of nitrogens with one attached hydrogen (secondary N) is 1. The number of carbonyl (C=O) groups is 2. The lowest BCUT2D eigenvalue weighted by molar-refractivity contribution is -0.131. The topological polar surface area (TPSA) is 91.0 Å². The summed E-state index contributed by atoms with van der Waals surface area (Å²) in [7, 11) is 0. The minimum Gasteiger partial charge on any atom is -0.343 e. The number of carbonyl (C=O) groups excluding carboxylic acids is 2. The first kappa shape index (κ1) is 21.2. The van der Waals surface area contributed by atoms with Crippen LogP contribution in [0.25, 0.3) is 0 Å². The minimum absolute atomic E-state index is 0.298. The van der Waals surface area contributed by atoms with E-state index in [1.807, 2.05) is 24.3 Å². The van der Waals surface area contributed by atoms with E-state index in [1.54, 1.807) is 23.9 Å². The van der Waals surface area contributed by atoms with E-state index in [9.17, 15) is 18.4 Å². The fourth-order valence-electron chi connectivity index (χ4n) is 3.19. The van der Waals surface area contributed by atoms with Gasteiger partial charge in [0.15, 0.2) is 0 Å². The van der Waals surface area contributed by atoms with Crippen LogP contribution < -0.4 is 5.32 Å². The van der Waals surface area contributed by atoms with Gasteiger partial charge in [0, 0.05) is 16.2 Å². The summed E-state index contributed by atoms with van der Waals surface area (Å²) in [6, 6.07) is 8.39. The first-order valence-corrected chi connectivity index (χ1v) is 9.90. The van der Waals surface area contributed by atoms with Gasteiger partial charge in [-0.3, -0.25) is 14.3 Å². The number of hydrogen-bond acceptors (Lipinski definition) is 4. The first-order valence-electron chi connectivity index (χ1n) is 8.82. The maximum Gasteiger partial charge on any atom is 0.268 e. The number of rotatable bonds is 5. The van der Waals surface area contributed by atoms with Crippen molar-refractivity contribution in [3.05, 3.63) is 50.9 Å². The Kier molecular flexibility index (Phi) is 6.16. The number of benzene rings is 1. The van der Waals surface area contributed by atoms with Crippen LogP contribution in [0.1, 0.15) is 28.0 Å².